The van der Waals surface area contributed by atoms with E-state index in [2.05, 4.69) is 41.6 Å². The number of methoxy groups -OCH3 is 1. The quantitative estimate of drug-likeness (QED) is 0.390. The second-order valence-electron chi connectivity index (χ2n) is 10.4. The van der Waals surface area contributed by atoms with E-state index in [1.54, 1.807) is 23.5 Å². The number of aliphatic imine (C=N–C) groups is 1. The number of benzene rings is 1. The highest BCUT2D eigenvalue weighted by Crippen LogP contribution is 2.47. The van der Waals surface area contributed by atoms with Gasteiger partial charge >= 0.3 is 5.97 Å². The van der Waals surface area contributed by atoms with Crippen molar-refractivity contribution < 1.29 is 14.3 Å². The molecule has 4 rings (SSSR count). The molecule has 34 heavy (non-hydrogen) atoms. The minimum atomic E-state index is -0.417. The molecule has 182 valence electrons. The van der Waals surface area contributed by atoms with Crippen LogP contribution in [0.4, 0.5) is 0 Å². The van der Waals surface area contributed by atoms with Gasteiger partial charge in [0.15, 0.2) is 0 Å². The maximum atomic E-state index is 13.6. The molecule has 5 nitrogen and oxygen atoms in total. The van der Waals surface area contributed by atoms with Crippen LogP contribution >= 0.6 is 27.3 Å². The zero-order valence-corrected chi connectivity index (χ0v) is 22.8. The molecule has 1 aliphatic carbocycles. The lowest BCUT2D eigenvalue weighted by Gasteiger charge is -2.45. The average molecular weight is 546 g/mol. The van der Waals surface area contributed by atoms with Crippen LogP contribution < -0.4 is 0 Å². The molecular weight excluding hydrogens is 512 g/mol. The standard InChI is InChI=1S/C27H33BrN2O3S/c1-26(2,3)20-13-15-27(16-14-20)29-23(21-11-12-22(28)34-21)24(31)30(27)17-5-6-18-7-9-19(10-8-18)25(32)33-4/h7-12,20H,5-6,13-17H2,1-4H3. The molecule has 0 saturated heterocycles. The van der Waals surface area contributed by atoms with Gasteiger partial charge in [-0.3, -0.25) is 9.79 Å². The average Bonchev–Trinajstić information content (AvgIpc) is 3.35. The third kappa shape index (κ3) is 5.15. The topological polar surface area (TPSA) is 59.0 Å². The number of rotatable bonds is 6. The van der Waals surface area contributed by atoms with Crippen LogP contribution in [0.2, 0.25) is 0 Å². The summed E-state index contributed by atoms with van der Waals surface area (Å²) in [6, 6.07) is 11.5. The molecule has 0 bridgehead atoms. The number of ether oxygens (including phenoxy) is 1. The normalized spacial score (nSPS) is 22.9. The Balaban J connectivity index is 1.49. The minimum absolute atomic E-state index is 0.0598. The van der Waals surface area contributed by atoms with Crippen molar-refractivity contribution in [3.05, 3.63) is 56.2 Å². The van der Waals surface area contributed by atoms with Crippen molar-refractivity contribution in [3.63, 3.8) is 0 Å². The van der Waals surface area contributed by atoms with Gasteiger partial charge in [-0.05, 0) is 95.6 Å². The van der Waals surface area contributed by atoms with Crippen LogP contribution in [0.3, 0.4) is 0 Å². The molecule has 0 N–H and O–H groups in total. The molecule has 2 aliphatic rings. The number of hydrogen-bond acceptors (Lipinski definition) is 5. The highest BCUT2D eigenvalue weighted by Gasteiger charge is 2.49. The Labute approximate surface area is 214 Å². The lowest BCUT2D eigenvalue weighted by atomic mass is 9.69. The van der Waals surface area contributed by atoms with Gasteiger partial charge in [0, 0.05) is 6.54 Å². The van der Waals surface area contributed by atoms with E-state index in [1.165, 1.54) is 7.11 Å². The summed E-state index contributed by atoms with van der Waals surface area (Å²) in [5, 5.41) is 0. The van der Waals surface area contributed by atoms with Crippen LogP contribution in [0, 0.1) is 11.3 Å². The van der Waals surface area contributed by atoms with E-state index >= 15 is 0 Å². The van der Waals surface area contributed by atoms with Crippen molar-refractivity contribution >= 4 is 44.9 Å². The Bertz CT molecular complexity index is 1080. The van der Waals surface area contributed by atoms with Crippen LogP contribution in [0.1, 0.15) is 73.7 Å². The molecular formula is C27H33BrN2O3S. The van der Waals surface area contributed by atoms with Gasteiger partial charge < -0.3 is 9.64 Å². The molecule has 1 aromatic carbocycles. The van der Waals surface area contributed by atoms with Gasteiger partial charge in [-0.1, -0.05) is 32.9 Å². The molecule has 7 heteroatoms. The molecule has 2 aromatic rings. The number of amides is 1. The van der Waals surface area contributed by atoms with E-state index < -0.39 is 5.66 Å². The lowest BCUT2D eigenvalue weighted by Crippen LogP contribution is -2.50. The smallest absolute Gasteiger partial charge is 0.337 e. The SMILES string of the molecule is COC(=O)c1ccc(CCCN2C(=O)C(c3ccc(Br)s3)=NC23CCC(C(C)(C)C)CC3)cc1. The number of thiophene rings is 1. The molecule has 2 heterocycles. The number of aryl methyl sites for hydroxylation is 1. The van der Waals surface area contributed by atoms with E-state index in [0.717, 1.165) is 52.8 Å². The van der Waals surface area contributed by atoms with Gasteiger partial charge in [-0.15, -0.1) is 11.3 Å². The van der Waals surface area contributed by atoms with Crippen molar-refractivity contribution in [3.8, 4) is 0 Å². The van der Waals surface area contributed by atoms with Crippen molar-refractivity contribution in [1.29, 1.82) is 0 Å². The molecule has 1 aliphatic heterocycles. The molecule has 1 aromatic heterocycles. The van der Waals surface area contributed by atoms with Gasteiger partial charge in [0.25, 0.3) is 5.91 Å². The first kappa shape index (κ1) is 25.1. The predicted octanol–water partition coefficient (Wildman–Crippen LogP) is 6.49. The van der Waals surface area contributed by atoms with Gasteiger partial charge in [0.2, 0.25) is 0 Å². The Morgan fingerprint density at radius 3 is 2.41 bits per heavy atom. The summed E-state index contributed by atoms with van der Waals surface area (Å²) < 4.78 is 5.79. The third-order valence-electron chi connectivity index (χ3n) is 7.31. The number of halogens is 1. The summed E-state index contributed by atoms with van der Waals surface area (Å²) in [6.07, 6.45) is 5.71. The van der Waals surface area contributed by atoms with Crippen LogP contribution in [-0.4, -0.2) is 41.8 Å². The predicted molar refractivity (Wildman–Crippen MR) is 141 cm³/mol. The fourth-order valence-corrected chi connectivity index (χ4v) is 6.61. The Morgan fingerprint density at radius 1 is 1.18 bits per heavy atom. The fraction of sp³-hybridized carbons (Fsp3) is 0.519. The molecule has 0 atom stereocenters. The number of carbonyl (C=O) groups is 2. The number of esters is 1. The second-order valence-corrected chi connectivity index (χ2v) is 12.9. The summed E-state index contributed by atoms with van der Waals surface area (Å²) in [5.74, 6) is 0.384. The van der Waals surface area contributed by atoms with Crippen LogP contribution in [0.15, 0.2) is 45.2 Å². The summed E-state index contributed by atoms with van der Waals surface area (Å²) in [5.41, 5.74) is 2.17. The second kappa shape index (κ2) is 9.94. The van der Waals surface area contributed by atoms with Crippen LogP contribution in [-0.2, 0) is 16.0 Å². The third-order valence-corrected chi connectivity index (χ3v) is 8.94. The first-order valence-electron chi connectivity index (χ1n) is 12.0. The molecule has 1 spiro atoms. The monoisotopic (exact) mass is 544 g/mol. The molecule has 0 radical (unpaired) electrons. The van der Waals surface area contributed by atoms with E-state index in [4.69, 9.17) is 9.73 Å². The molecule has 1 saturated carbocycles. The Morgan fingerprint density at radius 2 is 1.85 bits per heavy atom. The lowest BCUT2D eigenvalue weighted by molar-refractivity contribution is -0.129. The summed E-state index contributed by atoms with van der Waals surface area (Å²) in [4.78, 5) is 33.4. The first-order chi connectivity index (χ1) is 16.1. The summed E-state index contributed by atoms with van der Waals surface area (Å²) >= 11 is 5.10. The van der Waals surface area contributed by atoms with Crippen molar-refractivity contribution in [2.45, 2.75) is 65.0 Å². The number of carbonyl (C=O) groups excluding carboxylic acids is 2. The van der Waals surface area contributed by atoms with Crippen molar-refractivity contribution in [2.75, 3.05) is 13.7 Å². The molecule has 1 amide bonds. The van der Waals surface area contributed by atoms with Crippen molar-refractivity contribution in [1.82, 2.24) is 4.90 Å². The number of nitrogens with zero attached hydrogens (tertiary/aromatic N) is 2. The molecule has 0 unspecified atom stereocenters. The highest BCUT2D eigenvalue weighted by molar-refractivity contribution is 9.11. The Kier molecular flexibility index (Phi) is 7.34. The Hall–Kier alpha value is -1.99. The van der Waals surface area contributed by atoms with Gasteiger partial charge in [0.05, 0.1) is 21.3 Å². The van der Waals surface area contributed by atoms with Crippen molar-refractivity contribution in [2.24, 2.45) is 16.3 Å². The van der Waals surface area contributed by atoms with Gasteiger partial charge in [-0.25, -0.2) is 4.79 Å². The van der Waals surface area contributed by atoms with Gasteiger partial charge in [0.1, 0.15) is 11.4 Å². The number of hydrogen-bond donors (Lipinski definition) is 0. The zero-order chi connectivity index (χ0) is 24.5. The highest BCUT2D eigenvalue weighted by atomic mass is 79.9. The maximum Gasteiger partial charge on any atom is 0.337 e. The van der Waals surface area contributed by atoms with Crippen LogP contribution in [0.5, 0.6) is 0 Å². The summed E-state index contributed by atoms with van der Waals surface area (Å²) in [7, 11) is 1.39. The largest absolute Gasteiger partial charge is 0.465 e. The zero-order valence-electron chi connectivity index (χ0n) is 20.4. The van der Waals surface area contributed by atoms with E-state index in [0.29, 0.717) is 23.7 Å². The van der Waals surface area contributed by atoms with Crippen LogP contribution in [0.25, 0.3) is 0 Å². The minimum Gasteiger partial charge on any atom is -0.465 e. The van der Waals surface area contributed by atoms with E-state index in [1.807, 2.05) is 24.3 Å². The summed E-state index contributed by atoms with van der Waals surface area (Å²) in [6.45, 7) is 7.63. The fourth-order valence-electron chi connectivity index (χ4n) is 5.24. The van der Waals surface area contributed by atoms with E-state index in [9.17, 15) is 9.59 Å². The van der Waals surface area contributed by atoms with E-state index in [-0.39, 0.29) is 17.3 Å². The molecule has 1 fully saturated rings. The first-order valence-corrected chi connectivity index (χ1v) is 13.6. The van der Waals surface area contributed by atoms with Gasteiger partial charge in [-0.2, -0.15) is 0 Å². The maximum absolute atomic E-state index is 13.6.